The minimum absolute atomic E-state index is 0.169. The van der Waals surface area contributed by atoms with Crippen molar-refractivity contribution >= 4 is 18.4 Å². The topological polar surface area (TPSA) is 55.4 Å². The molecule has 1 aromatic carbocycles. The van der Waals surface area contributed by atoms with E-state index in [1.54, 1.807) is 44.7 Å². The SMILES string of the molecule is COCCNC(=O)c1cccc(P(C)(C)=O)c1. The molecule has 1 N–H and O–H groups in total. The Balaban J connectivity index is 2.78. The van der Waals surface area contributed by atoms with E-state index in [1.807, 2.05) is 0 Å². The van der Waals surface area contributed by atoms with E-state index in [0.717, 1.165) is 5.30 Å². The van der Waals surface area contributed by atoms with Crippen molar-refractivity contribution in [3.63, 3.8) is 0 Å². The molecule has 0 spiro atoms. The van der Waals surface area contributed by atoms with Crippen molar-refractivity contribution in [3.05, 3.63) is 29.8 Å². The number of nitrogens with one attached hydrogen (secondary N) is 1. The Bertz CT molecular complexity index is 439. The fourth-order valence-electron chi connectivity index (χ4n) is 1.35. The van der Waals surface area contributed by atoms with Gasteiger partial charge in [0, 0.05) is 24.5 Å². The summed E-state index contributed by atoms with van der Waals surface area (Å²) in [6.07, 6.45) is 0. The van der Waals surface area contributed by atoms with Crippen LogP contribution in [0.4, 0.5) is 0 Å². The van der Waals surface area contributed by atoms with Gasteiger partial charge in [0.05, 0.1) is 6.61 Å². The van der Waals surface area contributed by atoms with E-state index >= 15 is 0 Å². The fraction of sp³-hybridized carbons (Fsp3) is 0.417. The van der Waals surface area contributed by atoms with Gasteiger partial charge in [-0.1, -0.05) is 12.1 Å². The molecule has 0 atom stereocenters. The Morgan fingerprint density at radius 1 is 1.41 bits per heavy atom. The summed E-state index contributed by atoms with van der Waals surface area (Å²) in [6, 6.07) is 6.93. The van der Waals surface area contributed by atoms with Gasteiger partial charge in [-0.3, -0.25) is 4.79 Å². The zero-order chi connectivity index (χ0) is 12.9. The van der Waals surface area contributed by atoms with Gasteiger partial charge in [-0.15, -0.1) is 0 Å². The lowest BCUT2D eigenvalue weighted by Gasteiger charge is -2.09. The highest BCUT2D eigenvalue weighted by molar-refractivity contribution is 7.70. The third-order valence-corrected chi connectivity index (χ3v) is 3.84. The number of rotatable bonds is 5. The Kier molecular flexibility index (Phi) is 4.91. The molecular weight excluding hydrogens is 237 g/mol. The van der Waals surface area contributed by atoms with Crippen molar-refractivity contribution in [1.82, 2.24) is 5.32 Å². The van der Waals surface area contributed by atoms with Gasteiger partial charge in [0.1, 0.15) is 7.14 Å². The minimum Gasteiger partial charge on any atom is -0.383 e. The maximum absolute atomic E-state index is 11.9. The zero-order valence-electron chi connectivity index (χ0n) is 10.4. The van der Waals surface area contributed by atoms with Crippen LogP contribution in [0.2, 0.25) is 0 Å². The maximum Gasteiger partial charge on any atom is 0.251 e. The number of hydrogen-bond donors (Lipinski definition) is 1. The number of carbonyl (C=O) groups excluding carboxylic acids is 1. The number of ether oxygens (including phenoxy) is 1. The molecule has 0 aliphatic heterocycles. The van der Waals surface area contributed by atoms with Gasteiger partial charge in [-0.25, -0.2) is 0 Å². The first-order chi connectivity index (χ1) is 7.95. The molecule has 0 unspecified atom stereocenters. The number of methoxy groups -OCH3 is 1. The first-order valence-electron chi connectivity index (χ1n) is 5.38. The number of benzene rings is 1. The molecule has 0 saturated heterocycles. The van der Waals surface area contributed by atoms with Gasteiger partial charge < -0.3 is 14.6 Å². The largest absolute Gasteiger partial charge is 0.383 e. The van der Waals surface area contributed by atoms with Crippen LogP contribution in [0.15, 0.2) is 24.3 Å². The molecule has 0 bridgehead atoms. The molecule has 0 fully saturated rings. The summed E-state index contributed by atoms with van der Waals surface area (Å²) in [7, 11) is -0.740. The lowest BCUT2D eigenvalue weighted by atomic mass is 10.2. The Labute approximate surface area is 102 Å². The molecule has 0 heterocycles. The molecule has 94 valence electrons. The summed E-state index contributed by atoms with van der Waals surface area (Å²) >= 11 is 0. The monoisotopic (exact) mass is 255 g/mol. The quantitative estimate of drug-likeness (QED) is 0.637. The fourth-order valence-corrected chi connectivity index (χ4v) is 2.25. The normalized spacial score (nSPS) is 11.2. The molecule has 1 rings (SSSR count). The van der Waals surface area contributed by atoms with Crippen LogP contribution in [-0.4, -0.2) is 39.5 Å². The van der Waals surface area contributed by atoms with Crippen LogP contribution in [0.25, 0.3) is 0 Å². The average Bonchev–Trinajstić information content (AvgIpc) is 2.28. The van der Waals surface area contributed by atoms with Crippen molar-refractivity contribution in [2.75, 3.05) is 33.6 Å². The molecule has 4 nitrogen and oxygen atoms in total. The maximum atomic E-state index is 11.9. The van der Waals surface area contributed by atoms with Gasteiger partial charge in [-0.05, 0) is 25.5 Å². The second kappa shape index (κ2) is 5.99. The van der Waals surface area contributed by atoms with E-state index in [4.69, 9.17) is 4.74 Å². The number of amides is 1. The minimum atomic E-state index is -2.32. The molecule has 0 aliphatic carbocycles. The zero-order valence-corrected chi connectivity index (χ0v) is 11.3. The lowest BCUT2D eigenvalue weighted by molar-refractivity contribution is 0.0937. The molecule has 17 heavy (non-hydrogen) atoms. The van der Waals surface area contributed by atoms with Crippen LogP contribution in [0, 0.1) is 0 Å². The lowest BCUT2D eigenvalue weighted by Crippen LogP contribution is -2.27. The van der Waals surface area contributed by atoms with E-state index in [9.17, 15) is 9.36 Å². The van der Waals surface area contributed by atoms with Crippen LogP contribution in [0.1, 0.15) is 10.4 Å². The highest BCUT2D eigenvalue weighted by Gasteiger charge is 2.13. The first kappa shape index (κ1) is 13.9. The van der Waals surface area contributed by atoms with Gasteiger partial charge in [0.15, 0.2) is 0 Å². The molecule has 0 aromatic heterocycles. The van der Waals surface area contributed by atoms with Gasteiger partial charge in [0.2, 0.25) is 0 Å². The molecule has 1 aromatic rings. The summed E-state index contributed by atoms with van der Waals surface area (Å²) in [5, 5.41) is 3.44. The third kappa shape index (κ3) is 4.33. The van der Waals surface area contributed by atoms with E-state index in [1.165, 1.54) is 0 Å². The van der Waals surface area contributed by atoms with Crippen molar-refractivity contribution < 1.29 is 14.1 Å². The van der Waals surface area contributed by atoms with Crippen LogP contribution in [-0.2, 0) is 9.30 Å². The highest BCUT2D eigenvalue weighted by Crippen LogP contribution is 2.34. The Morgan fingerprint density at radius 2 is 2.12 bits per heavy atom. The Morgan fingerprint density at radius 3 is 2.71 bits per heavy atom. The van der Waals surface area contributed by atoms with Crippen LogP contribution in [0.5, 0.6) is 0 Å². The third-order valence-electron chi connectivity index (χ3n) is 2.32. The van der Waals surface area contributed by atoms with Crippen molar-refractivity contribution in [1.29, 1.82) is 0 Å². The summed E-state index contributed by atoms with van der Waals surface area (Å²) in [5.74, 6) is -0.169. The predicted molar refractivity (Wildman–Crippen MR) is 69.7 cm³/mol. The van der Waals surface area contributed by atoms with Crippen LogP contribution < -0.4 is 10.6 Å². The molecular formula is C12H18NO3P. The van der Waals surface area contributed by atoms with Crippen molar-refractivity contribution in [2.24, 2.45) is 0 Å². The standard InChI is InChI=1S/C12H18NO3P/c1-16-8-7-13-12(14)10-5-4-6-11(9-10)17(2,3)15/h4-6,9H,7-8H2,1-3H3,(H,13,14). The Hall–Kier alpha value is -1.12. The summed E-state index contributed by atoms with van der Waals surface area (Å²) in [5.41, 5.74) is 0.530. The molecule has 1 amide bonds. The molecule has 0 radical (unpaired) electrons. The van der Waals surface area contributed by atoms with E-state index in [2.05, 4.69) is 5.32 Å². The van der Waals surface area contributed by atoms with E-state index in [-0.39, 0.29) is 5.91 Å². The number of carbonyl (C=O) groups is 1. The average molecular weight is 255 g/mol. The molecule has 5 heteroatoms. The second-order valence-electron chi connectivity index (χ2n) is 4.15. The summed E-state index contributed by atoms with van der Waals surface area (Å²) < 4.78 is 16.7. The van der Waals surface area contributed by atoms with Crippen molar-refractivity contribution in [3.8, 4) is 0 Å². The van der Waals surface area contributed by atoms with Crippen LogP contribution >= 0.6 is 7.14 Å². The van der Waals surface area contributed by atoms with Gasteiger partial charge >= 0.3 is 0 Å². The predicted octanol–water partition coefficient (Wildman–Crippen LogP) is 1.31. The first-order valence-corrected chi connectivity index (χ1v) is 7.98. The highest BCUT2D eigenvalue weighted by atomic mass is 31.2. The molecule has 0 aliphatic rings. The van der Waals surface area contributed by atoms with E-state index < -0.39 is 7.14 Å². The molecule has 0 saturated carbocycles. The van der Waals surface area contributed by atoms with Crippen LogP contribution in [0.3, 0.4) is 0 Å². The second-order valence-corrected chi connectivity index (χ2v) is 7.37. The van der Waals surface area contributed by atoms with Gasteiger partial charge in [0.25, 0.3) is 5.91 Å². The smallest absolute Gasteiger partial charge is 0.251 e. The summed E-state index contributed by atoms with van der Waals surface area (Å²) in [6.45, 7) is 4.32. The van der Waals surface area contributed by atoms with Gasteiger partial charge in [-0.2, -0.15) is 0 Å². The number of hydrogen-bond acceptors (Lipinski definition) is 3. The van der Waals surface area contributed by atoms with Crippen molar-refractivity contribution in [2.45, 2.75) is 0 Å². The summed E-state index contributed by atoms with van der Waals surface area (Å²) in [4.78, 5) is 11.7. The van der Waals surface area contributed by atoms with E-state index in [0.29, 0.717) is 18.7 Å².